The minimum atomic E-state index is 0.904. The van der Waals surface area contributed by atoms with Crippen molar-refractivity contribution in [3.63, 3.8) is 0 Å². The van der Waals surface area contributed by atoms with Crippen molar-refractivity contribution in [2.45, 2.75) is 12.3 Å². The largest absolute Gasteiger partial charge is 0.345 e. The normalized spacial score (nSPS) is 10.3. The van der Waals surface area contributed by atoms with Gasteiger partial charge in [0.2, 0.25) is 0 Å². The number of aryl methyl sites for hydroxylation is 1. The van der Waals surface area contributed by atoms with Crippen LogP contribution in [0.15, 0.2) is 48.5 Å². The van der Waals surface area contributed by atoms with Gasteiger partial charge in [-0.1, -0.05) is 40.2 Å². The second-order valence-electron chi connectivity index (χ2n) is 4.20. The van der Waals surface area contributed by atoms with Crippen LogP contribution in [-0.2, 0) is 5.33 Å². The Kier molecular flexibility index (Phi) is 3.85. The number of anilines is 2. The monoisotopic (exact) mass is 289 g/mol. The van der Waals surface area contributed by atoms with Gasteiger partial charge in [-0.2, -0.15) is 0 Å². The van der Waals surface area contributed by atoms with Crippen LogP contribution in [0.25, 0.3) is 0 Å². The number of alkyl halides is 1. The second kappa shape index (κ2) is 5.37. The van der Waals surface area contributed by atoms with Gasteiger partial charge >= 0.3 is 0 Å². The third-order valence-corrected chi connectivity index (χ3v) is 3.51. The fraction of sp³-hybridized carbons (Fsp3) is 0.200. The van der Waals surface area contributed by atoms with E-state index in [1.807, 2.05) is 0 Å². The molecule has 1 nitrogen and oxygen atoms in total. The van der Waals surface area contributed by atoms with Crippen molar-refractivity contribution in [1.82, 2.24) is 0 Å². The van der Waals surface area contributed by atoms with Crippen LogP contribution >= 0.6 is 15.9 Å². The average molecular weight is 290 g/mol. The van der Waals surface area contributed by atoms with E-state index >= 15 is 0 Å². The van der Waals surface area contributed by atoms with Gasteiger partial charge in [-0.05, 0) is 42.3 Å². The lowest BCUT2D eigenvalue weighted by Gasteiger charge is -2.20. The maximum absolute atomic E-state index is 3.46. The summed E-state index contributed by atoms with van der Waals surface area (Å²) in [4.78, 5) is 2.20. The van der Waals surface area contributed by atoms with Crippen LogP contribution in [0.3, 0.4) is 0 Å². The lowest BCUT2D eigenvalue weighted by molar-refractivity contribution is 1.20. The zero-order valence-corrected chi connectivity index (χ0v) is 11.7. The predicted octanol–water partition coefficient (Wildman–Crippen LogP) is 4.66. The lowest BCUT2D eigenvalue weighted by Crippen LogP contribution is -2.09. The molecule has 0 bridgehead atoms. The van der Waals surface area contributed by atoms with Gasteiger partial charge in [0.1, 0.15) is 0 Å². The number of nitrogens with zero attached hydrogens (tertiary/aromatic N) is 1. The molecule has 2 rings (SSSR count). The molecule has 0 atom stereocenters. The first-order chi connectivity index (χ1) is 8.20. The van der Waals surface area contributed by atoms with Crippen molar-refractivity contribution in [3.8, 4) is 0 Å². The van der Waals surface area contributed by atoms with E-state index < -0.39 is 0 Å². The van der Waals surface area contributed by atoms with Crippen LogP contribution in [-0.4, -0.2) is 7.05 Å². The Labute approximate surface area is 111 Å². The maximum Gasteiger partial charge on any atom is 0.0410 e. The fourth-order valence-electron chi connectivity index (χ4n) is 1.79. The van der Waals surface area contributed by atoms with Gasteiger partial charge in [0, 0.05) is 23.8 Å². The molecule has 88 valence electrons. The molecular formula is C15H16BrN. The second-order valence-corrected chi connectivity index (χ2v) is 4.76. The van der Waals surface area contributed by atoms with Crippen LogP contribution < -0.4 is 4.90 Å². The van der Waals surface area contributed by atoms with Crippen molar-refractivity contribution in [3.05, 3.63) is 59.7 Å². The fourth-order valence-corrected chi connectivity index (χ4v) is 2.17. The highest BCUT2D eigenvalue weighted by atomic mass is 79.9. The molecule has 0 aliphatic rings. The Morgan fingerprint density at radius 3 is 2.29 bits per heavy atom. The number of hydrogen-bond donors (Lipinski definition) is 0. The van der Waals surface area contributed by atoms with E-state index in [0.29, 0.717) is 0 Å². The summed E-state index contributed by atoms with van der Waals surface area (Å²) in [6.07, 6.45) is 0. The van der Waals surface area contributed by atoms with Crippen LogP contribution in [0, 0.1) is 6.92 Å². The topological polar surface area (TPSA) is 3.24 Å². The lowest BCUT2D eigenvalue weighted by atomic mass is 10.2. The zero-order valence-electron chi connectivity index (χ0n) is 10.2. The SMILES string of the molecule is Cc1cccc(N(C)c2ccc(CBr)cc2)c1. The molecular weight excluding hydrogens is 274 g/mol. The molecule has 0 aliphatic carbocycles. The first-order valence-corrected chi connectivity index (χ1v) is 6.78. The molecule has 2 aromatic rings. The van der Waals surface area contributed by atoms with E-state index in [0.717, 1.165) is 5.33 Å². The van der Waals surface area contributed by atoms with Gasteiger partial charge in [0.25, 0.3) is 0 Å². The minimum absolute atomic E-state index is 0.904. The number of rotatable bonds is 3. The van der Waals surface area contributed by atoms with Gasteiger partial charge in [-0.25, -0.2) is 0 Å². The van der Waals surface area contributed by atoms with Crippen molar-refractivity contribution in [1.29, 1.82) is 0 Å². The third-order valence-electron chi connectivity index (χ3n) is 2.87. The molecule has 0 fully saturated rings. The van der Waals surface area contributed by atoms with E-state index in [9.17, 15) is 0 Å². The Hall–Kier alpha value is -1.28. The standard InChI is InChI=1S/C15H16BrN/c1-12-4-3-5-15(10-12)17(2)14-8-6-13(11-16)7-9-14/h3-10H,11H2,1-2H3. The minimum Gasteiger partial charge on any atom is -0.345 e. The molecule has 0 N–H and O–H groups in total. The zero-order chi connectivity index (χ0) is 12.3. The van der Waals surface area contributed by atoms with E-state index in [-0.39, 0.29) is 0 Å². The van der Waals surface area contributed by atoms with Gasteiger partial charge in [-0.15, -0.1) is 0 Å². The summed E-state index contributed by atoms with van der Waals surface area (Å²) in [6, 6.07) is 17.1. The summed E-state index contributed by atoms with van der Waals surface area (Å²) < 4.78 is 0. The van der Waals surface area contributed by atoms with Crippen molar-refractivity contribution >= 4 is 27.3 Å². The summed E-state index contributed by atoms with van der Waals surface area (Å²) >= 11 is 3.46. The molecule has 0 spiro atoms. The quantitative estimate of drug-likeness (QED) is 0.743. The molecule has 17 heavy (non-hydrogen) atoms. The highest BCUT2D eigenvalue weighted by Gasteiger charge is 2.03. The van der Waals surface area contributed by atoms with Gasteiger partial charge in [-0.3, -0.25) is 0 Å². The molecule has 0 heterocycles. The number of benzene rings is 2. The third kappa shape index (κ3) is 2.89. The van der Waals surface area contributed by atoms with Crippen LogP contribution in [0.2, 0.25) is 0 Å². The van der Waals surface area contributed by atoms with Gasteiger partial charge in [0.15, 0.2) is 0 Å². The van der Waals surface area contributed by atoms with Crippen LogP contribution in [0.5, 0.6) is 0 Å². The predicted molar refractivity (Wildman–Crippen MR) is 78.3 cm³/mol. The Morgan fingerprint density at radius 2 is 1.71 bits per heavy atom. The first-order valence-electron chi connectivity index (χ1n) is 5.66. The number of halogens is 1. The first kappa shape index (κ1) is 12.2. The molecule has 0 unspecified atom stereocenters. The molecule has 0 amide bonds. The molecule has 0 aromatic heterocycles. The van der Waals surface area contributed by atoms with E-state index in [1.165, 1.54) is 22.5 Å². The summed E-state index contributed by atoms with van der Waals surface area (Å²) in [5.74, 6) is 0. The Balaban J connectivity index is 2.27. The highest BCUT2D eigenvalue weighted by molar-refractivity contribution is 9.08. The molecule has 0 aliphatic heterocycles. The highest BCUT2D eigenvalue weighted by Crippen LogP contribution is 2.24. The number of hydrogen-bond acceptors (Lipinski definition) is 1. The van der Waals surface area contributed by atoms with E-state index in [2.05, 4.69) is 83.3 Å². The van der Waals surface area contributed by atoms with Crippen molar-refractivity contribution in [2.24, 2.45) is 0 Å². The Bertz CT molecular complexity index is 491. The van der Waals surface area contributed by atoms with Crippen LogP contribution in [0.4, 0.5) is 11.4 Å². The van der Waals surface area contributed by atoms with Crippen molar-refractivity contribution in [2.75, 3.05) is 11.9 Å². The molecule has 0 saturated heterocycles. The molecule has 0 radical (unpaired) electrons. The summed E-state index contributed by atoms with van der Waals surface area (Å²) in [7, 11) is 2.10. The van der Waals surface area contributed by atoms with Crippen molar-refractivity contribution < 1.29 is 0 Å². The van der Waals surface area contributed by atoms with Gasteiger partial charge in [0.05, 0.1) is 0 Å². The summed E-state index contributed by atoms with van der Waals surface area (Å²) in [5, 5.41) is 0.904. The molecule has 2 aromatic carbocycles. The van der Waals surface area contributed by atoms with Crippen LogP contribution in [0.1, 0.15) is 11.1 Å². The van der Waals surface area contributed by atoms with E-state index in [4.69, 9.17) is 0 Å². The molecule has 0 saturated carbocycles. The average Bonchev–Trinajstić information content (AvgIpc) is 2.38. The molecule has 2 heteroatoms. The van der Waals surface area contributed by atoms with Gasteiger partial charge < -0.3 is 4.90 Å². The van der Waals surface area contributed by atoms with E-state index in [1.54, 1.807) is 0 Å². The maximum atomic E-state index is 3.46. The smallest absolute Gasteiger partial charge is 0.0410 e. The Morgan fingerprint density at radius 1 is 1.00 bits per heavy atom. The summed E-state index contributed by atoms with van der Waals surface area (Å²) in [6.45, 7) is 2.12. The summed E-state index contributed by atoms with van der Waals surface area (Å²) in [5.41, 5.74) is 5.01.